The number of ether oxygens (including phenoxy) is 1. The van der Waals surface area contributed by atoms with Crippen LogP contribution < -0.4 is 5.56 Å². The number of likely N-dealkylation sites (tertiary alicyclic amines) is 1. The van der Waals surface area contributed by atoms with E-state index in [1.807, 2.05) is 18.2 Å². The Morgan fingerprint density at radius 3 is 2.84 bits per heavy atom. The van der Waals surface area contributed by atoms with Crippen molar-refractivity contribution in [3.63, 3.8) is 0 Å². The van der Waals surface area contributed by atoms with Crippen molar-refractivity contribution in [1.29, 1.82) is 0 Å². The van der Waals surface area contributed by atoms with Crippen molar-refractivity contribution >= 4 is 0 Å². The average molecular weight is 340 g/mol. The second-order valence-corrected chi connectivity index (χ2v) is 7.04. The first kappa shape index (κ1) is 16.4. The maximum atomic E-state index is 12.1. The van der Waals surface area contributed by atoms with E-state index in [0.29, 0.717) is 23.4 Å². The molecule has 0 amide bonds. The molecule has 0 unspecified atom stereocenters. The molecule has 2 aromatic rings. The van der Waals surface area contributed by atoms with Crippen molar-refractivity contribution in [3.8, 4) is 11.5 Å². The smallest absolute Gasteiger partial charge is 0.251 e. The molecule has 6 heteroatoms. The highest BCUT2D eigenvalue weighted by atomic mass is 16.5. The van der Waals surface area contributed by atoms with Crippen LogP contribution >= 0.6 is 0 Å². The van der Waals surface area contributed by atoms with Crippen molar-refractivity contribution in [2.75, 3.05) is 32.8 Å². The third-order valence-corrected chi connectivity index (χ3v) is 5.22. The van der Waals surface area contributed by atoms with E-state index in [4.69, 9.17) is 9.72 Å². The lowest BCUT2D eigenvalue weighted by Crippen LogP contribution is -2.37. The van der Waals surface area contributed by atoms with Crippen LogP contribution in [0, 0.1) is 5.92 Å². The van der Waals surface area contributed by atoms with E-state index in [2.05, 4.69) is 14.9 Å². The number of hydrogen-bond acceptors (Lipinski definition) is 5. The van der Waals surface area contributed by atoms with Gasteiger partial charge in [-0.3, -0.25) is 9.78 Å². The largest absolute Gasteiger partial charge is 0.381 e. The van der Waals surface area contributed by atoms with Crippen molar-refractivity contribution in [3.05, 3.63) is 46.5 Å². The molecule has 6 nitrogen and oxygen atoms in total. The third kappa shape index (κ3) is 3.96. The molecule has 25 heavy (non-hydrogen) atoms. The molecule has 4 heterocycles. The summed E-state index contributed by atoms with van der Waals surface area (Å²) >= 11 is 0. The predicted octanol–water partition coefficient (Wildman–Crippen LogP) is 2.05. The molecular weight excluding hydrogens is 316 g/mol. The molecule has 0 aromatic carbocycles. The van der Waals surface area contributed by atoms with Gasteiger partial charge in [0.25, 0.3) is 5.56 Å². The number of nitrogens with one attached hydrogen (secondary N) is 1. The molecule has 0 aliphatic carbocycles. The fourth-order valence-electron chi connectivity index (χ4n) is 3.81. The first-order valence-electron chi connectivity index (χ1n) is 9.11. The van der Waals surface area contributed by atoms with Gasteiger partial charge < -0.3 is 14.6 Å². The van der Waals surface area contributed by atoms with Crippen molar-refractivity contribution in [2.45, 2.75) is 25.2 Å². The highest BCUT2D eigenvalue weighted by molar-refractivity contribution is 5.48. The summed E-state index contributed by atoms with van der Waals surface area (Å²) in [5.41, 5.74) is 1.50. The minimum atomic E-state index is -0.101. The Labute approximate surface area is 147 Å². The molecule has 132 valence electrons. The molecule has 1 N–H and O–H groups in total. The zero-order chi connectivity index (χ0) is 17.1. The van der Waals surface area contributed by atoms with Crippen LogP contribution in [0.4, 0.5) is 0 Å². The van der Waals surface area contributed by atoms with Crippen LogP contribution in [0.25, 0.3) is 11.5 Å². The molecular formula is C19H24N4O2. The summed E-state index contributed by atoms with van der Waals surface area (Å²) in [6, 6.07) is 7.28. The minimum absolute atomic E-state index is 0.101. The molecule has 1 atom stereocenters. The molecule has 2 aromatic heterocycles. The number of nitrogens with zero attached hydrogens (tertiary/aromatic N) is 3. The number of H-pyrrole nitrogens is 1. The van der Waals surface area contributed by atoms with Gasteiger partial charge in [-0.15, -0.1) is 0 Å². The van der Waals surface area contributed by atoms with Crippen molar-refractivity contribution in [2.24, 2.45) is 5.92 Å². The van der Waals surface area contributed by atoms with E-state index >= 15 is 0 Å². The van der Waals surface area contributed by atoms with Crippen LogP contribution in [0.2, 0.25) is 0 Å². The van der Waals surface area contributed by atoms with Gasteiger partial charge in [0.05, 0.1) is 12.3 Å². The van der Waals surface area contributed by atoms with Crippen LogP contribution in [0.5, 0.6) is 0 Å². The number of hydrogen-bond donors (Lipinski definition) is 1. The van der Waals surface area contributed by atoms with Gasteiger partial charge in [0.15, 0.2) is 5.82 Å². The molecule has 0 spiro atoms. The molecule has 2 aliphatic rings. The Balaban J connectivity index is 1.44. The standard InChI is InChI=1S/C19H24N4O2/c24-18-11-17(21-19(22-18)16-3-1-2-7-20-16)15-4-8-23(9-5-15)12-14-6-10-25-13-14/h1-3,7,11,14-15H,4-6,8-10,12-13H2,(H,21,22,24)/t14-/m1/s1. The fourth-order valence-corrected chi connectivity index (χ4v) is 3.81. The summed E-state index contributed by atoms with van der Waals surface area (Å²) in [4.78, 5) is 26.4. The van der Waals surface area contributed by atoms with E-state index in [1.54, 1.807) is 12.3 Å². The second-order valence-electron chi connectivity index (χ2n) is 7.04. The summed E-state index contributed by atoms with van der Waals surface area (Å²) in [5, 5.41) is 0. The van der Waals surface area contributed by atoms with E-state index in [1.165, 1.54) is 6.42 Å². The van der Waals surface area contributed by atoms with E-state index in [9.17, 15) is 4.79 Å². The van der Waals surface area contributed by atoms with Gasteiger partial charge in [-0.05, 0) is 50.4 Å². The van der Waals surface area contributed by atoms with Crippen LogP contribution in [-0.4, -0.2) is 52.7 Å². The van der Waals surface area contributed by atoms with Crippen LogP contribution in [0.1, 0.15) is 30.9 Å². The highest BCUT2D eigenvalue weighted by Crippen LogP contribution is 2.28. The van der Waals surface area contributed by atoms with Crippen LogP contribution in [0.15, 0.2) is 35.3 Å². The molecule has 0 saturated carbocycles. The number of pyridine rings is 1. The number of aromatic amines is 1. The monoisotopic (exact) mass is 340 g/mol. The molecule has 4 rings (SSSR count). The summed E-state index contributed by atoms with van der Waals surface area (Å²) < 4.78 is 5.48. The van der Waals surface area contributed by atoms with Gasteiger partial charge in [-0.25, -0.2) is 4.98 Å². The quantitative estimate of drug-likeness (QED) is 0.922. The summed E-state index contributed by atoms with van der Waals surface area (Å²) in [7, 11) is 0. The summed E-state index contributed by atoms with van der Waals surface area (Å²) in [6.07, 6.45) is 4.99. The molecule has 0 radical (unpaired) electrons. The van der Waals surface area contributed by atoms with Crippen molar-refractivity contribution < 1.29 is 4.74 Å². The topological polar surface area (TPSA) is 71.1 Å². The Kier molecular flexibility index (Phi) is 4.90. The first-order valence-corrected chi connectivity index (χ1v) is 9.11. The maximum absolute atomic E-state index is 12.1. The zero-order valence-corrected chi connectivity index (χ0v) is 14.4. The maximum Gasteiger partial charge on any atom is 0.251 e. The Morgan fingerprint density at radius 2 is 2.12 bits per heavy atom. The highest BCUT2D eigenvalue weighted by Gasteiger charge is 2.25. The Bertz CT molecular complexity index is 748. The van der Waals surface area contributed by atoms with Gasteiger partial charge in [0.1, 0.15) is 5.69 Å². The van der Waals surface area contributed by atoms with Gasteiger partial charge in [-0.2, -0.15) is 0 Å². The minimum Gasteiger partial charge on any atom is -0.381 e. The molecule has 0 bridgehead atoms. The zero-order valence-electron chi connectivity index (χ0n) is 14.4. The summed E-state index contributed by atoms with van der Waals surface area (Å²) in [5.74, 6) is 1.60. The summed E-state index contributed by atoms with van der Waals surface area (Å²) in [6.45, 7) is 5.08. The lowest BCUT2D eigenvalue weighted by Gasteiger charge is -2.33. The van der Waals surface area contributed by atoms with E-state index in [-0.39, 0.29) is 5.56 Å². The normalized spacial score (nSPS) is 22.3. The fraction of sp³-hybridized carbons (Fsp3) is 0.526. The van der Waals surface area contributed by atoms with Gasteiger partial charge in [0.2, 0.25) is 0 Å². The van der Waals surface area contributed by atoms with E-state index in [0.717, 1.165) is 51.4 Å². The SMILES string of the molecule is O=c1cc(C2CCN(C[C@H]3CCOC3)CC2)nc(-c2ccccn2)[nH]1. The van der Waals surface area contributed by atoms with Gasteiger partial charge in [0, 0.05) is 31.3 Å². The average Bonchev–Trinajstić information content (AvgIpc) is 3.16. The van der Waals surface area contributed by atoms with E-state index < -0.39 is 0 Å². The van der Waals surface area contributed by atoms with Crippen LogP contribution in [0.3, 0.4) is 0 Å². The predicted molar refractivity (Wildman–Crippen MR) is 95.4 cm³/mol. The number of rotatable bonds is 4. The number of piperidine rings is 1. The molecule has 2 fully saturated rings. The second kappa shape index (κ2) is 7.45. The van der Waals surface area contributed by atoms with Crippen molar-refractivity contribution in [1.82, 2.24) is 19.9 Å². The molecule has 2 aliphatic heterocycles. The first-order chi connectivity index (χ1) is 12.3. The van der Waals surface area contributed by atoms with Gasteiger partial charge in [-0.1, -0.05) is 6.07 Å². The van der Waals surface area contributed by atoms with Gasteiger partial charge >= 0.3 is 0 Å². The lowest BCUT2D eigenvalue weighted by molar-refractivity contribution is 0.151. The third-order valence-electron chi connectivity index (χ3n) is 5.22. The van der Waals surface area contributed by atoms with Crippen LogP contribution in [-0.2, 0) is 4.74 Å². The molecule has 2 saturated heterocycles. The Hall–Kier alpha value is -2.05. The Morgan fingerprint density at radius 1 is 1.24 bits per heavy atom. The number of aromatic nitrogens is 3. The lowest BCUT2D eigenvalue weighted by atomic mass is 9.92.